The second-order valence-electron chi connectivity index (χ2n) is 28.1. The van der Waals surface area contributed by atoms with Gasteiger partial charge in [-0.15, -0.1) is 0 Å². The minimum Gasteiger partial charge on any atom is -0.462 e. The summed E-state index contributed by atoms with van der Waals surface area (Å²) < 4.78 is 68.5. The monoisotopic (exact) mass is 1400 g/mol. The van der Waals surface area contributed by atoms with Crippen LogP contribution >= 0.6 is 15.6 Å². The molecule has 0 aromatic heterocycles. The zero-order valence-corrected chi connectivity index (χ0v) is 63.8. The molecule has 0 radical (unpaired) electrons. The minimum atomic E-state index is -4.96. The Bertz CT molecular complexity index is 1840. The number of phosphoric acid groups is 2. The molecule has 0 aromatic carbocycles. The summed E-state index contributed by atoms with van der Waals surface area (Å²) in [4.78, 5) is 72.7. The van der Waals surface area contributed by atoms with Gasteiger partial charge in [0.1, 0.15) is 19.3 Å². The molecule has 0 rings (SSSR count). The highest BCUT2D eigenvalue weighted by atomic mass is 31.2. The van der Waals surface area contributed by atoms with Crippen LogP contribution in [-0.2, 0) is 65.4 Å². The standard InChI is InChI=1S/C76H148O17P2/c1-7-10-12-14-16-18-19-20-21-22-23-24-25-30-36-42-48-54-60-75(80)93-72(65-87-74(79)59-53-47-41-35-29-27-26-28-33-38-44-50-56-68(4)5)67-91-95(84,85)89-63-70(77)62-88-94(82,83)90-66-71(64-86-73(78)58-52-46-40-17-15-13-11-8-2)92-76(81)61-55-49-43-37-32-31-34-39-45-51-57-69(6)9-3/h68-72,77H,7-67H2,1-6H3,(H,82,83)(H,84,85)/t69?,70-,71+,72+/m0/s1. The van der Waals surface area contributed by atoms with Gasteiger partial charge in [0.05, 0.1) is 26.4 Å². The van der Waals surface area contributed by atoms with E-state index in [-0.39, 0.29) is 25.7 Å². The van der Waals surface area contributed by atoms with Crippen LogP contribution in [0.4, 0.5) is 0 Å². The Morgan fingerprint density at radius 2 is 0.537 bits per heavy atom. The molecule has 6 atom stereocenters. The first-order chi connectivity index (χ1) is 45.9. The molecule has 0 saturated carbocycles. The average molecular weight is 1400 g/mol. The molecule has 0 heterocycles. The summed E-state index contributed by atoms with van der Waals surface area (Å²) >= 11 is 0. The second kappa shape index (κ2) is 67.9. The lowest BCUT2D eigenvalue weighted by molar-refractivity contribution is -0.161. The number of rotatable bonds is 75. The van der Waals surface area contributed by atoms with Crippen LogP contribution in [0.1, 0.15) is 395 Å². The minimum absolute atomic E-state index is 0.106. The summed E-state index contributed by atoms with van der Waals surface area (Å²) in [6.07, 6.45) is 55.4. The van der Waals surface area contributed by atoms with Crippen LogP contribution in [0.2, 0.25) is 0 Å². The number of aliphatic hydroxyl groups excluding tert-OH is 1. The molecule has 0 aromatic rings. The molecule has 0 saturated heterocycles. The van der Waals surface area contributed by atoms with Crippen LogP contribution < -0.4 is 0 Å². The summed E-state index contributed by atoms with van der Waals surface area (Å²) in [6.45, 7) is 9.61. The number of carbonyl (C=O) groups is 4. The van der Waals surface area contributed by atoms with Gasteiger partial charge in [-0.25, -0.2) is 9.13 Å². The van der Waals surface area contributed by atoms with Gasteiger partial charge >= 0.3 is 39.5 Å². The molecular formula is C76H148O17P2. The fourth-order valence-corrected chi connectivity index (χ4v) is 13.2. The SMILES string of the molecule is CCCCCCCCCCCCCCCCCCCCC(=O)O[C@H](COC(=O)CCCCCCCCCCCCCCC(C)C)COP(=O)(O)OC[C@@H](O)COP(=O)(O)OC[C@@H](COC(=O)CCCCCCCCCC)OC(=O)CCCCCCCCCCCCC(C)CC. The molecule has 0 fully saturated rings. The van der Waals surface area contributed by atoms with E-state index in [0.29, 0.717) is 25.7 Å². The van der Waals surface area contributed by atoms with Gasteiger partial charge in [-0.05, 0) is 37.5 Å². The van der Waals surface area contributed by atoms with Crippen molar-refractivity contribution in [2.75, 3.05) is 39.6 Å². The van der Waals surface area contributed by atoms with E-state index in [1.54, 1.807) is 0 Å². The van der Waals surface area contributed by atoms with Gasteiger partial charge in [0.2, 0.25) is 0 Å². The number of unbranched alkanes of at least 4 members (excludes halogenated alkanes) is 44. The van der Waals surface area contributed by atoms with Crippen LogP contribution in [0.15, 0.2) is 0 Å². The first-order valence-corrected chi connectivity index (χ1v) is 42.5. The molecule has 0 spiro atoms. The molecule has 95 heavy (non-hydrogen) atoms. The van der Waals surface area contributed by atoms with Gasteiger partial charge in [-0.3, -0.25) is 37.3 Å². The van der Waals surface area contributed by atoms with E-state index in [1.807, 2.05) is 0 Å². The van der Waals surface area contributed by atoms with Crippen LogP contribution in [0, 0.1) is 11.8 Å². The van der Waals surface area contributed by atoms with Crippen LogP contribution in [0.5, 0.6) is 0 Å². The Morgan fingerprint density at radius 3 is 0.800 bits per heavy atom. The lowest BCUT2D eigenvalue weighted by atomic mass is 9.99. The summed E-state index contributed by atoms with van der Waals surface area (Å²) in [5, 5.41) is 10.6. The number of esters is 4. The van der Waals surface area contributed by atoms with Crippen molar-refractivity contribution in [3.8, 4) is 0 Å². The summed E-state index contributed by atoms with van der Waals surface area (Å²) in [6, 6.07) is 0. The number of hydrogen-bond donors (Lipinski definition) is 3. The highest BCUT2D eigenvalue weighted by Crippen LogP contribution is 2.45. The van der Waals surface area contributed by atoms with E-state index >= 15 is 0 Å². The zero-order chi connectivity index (χ0) is 70.0. The van der Waals surface area contributed by atoms with Gasteiger partial charge in [0.15, 0.2) is 12.2 Å². The van der Waals surface area contributed by atoms with E-state index in [1.165, 1.54) is 205 Å². The largest absolute Gasteiger partial charge is 0.472 e. The van der Waals surface area contributed by atoms with Crippen molar-refractivity contribution in [2.24, 2.45) is 11.8 Å². The number of aliphatic hydroxyl groups is 1. The molecule has 0 aliphatic rings. The molecule has 3 N–H and O–H groups in total. The molecule has 0 aliphatic carbocycles. The number of phosphoric ester groups is 2. The van der Waals surface area contributed by atoms with Crippen LogP contribution in [0.25, 0.3) is 0 Å². The third kappa shape index (κ3) is 69.0. The number of hydrogen-bond acceptors (Lipinski definition) is 15. The topological polar surface area (TPSA) is 237 Å². The number of ether oxygens (including phenoxy) is 4. The second-order valence-corrected chi connectivity index (χ2v) is 31.0. The smallest absolute Gasteiger partial charge is 0.462 e. The van der Waals surface area contributed by atoms with E-state index in [9.17, 15) is 43.2 Å². The summed E-state index contributed by atoms with van der Waals surface area (Å²) in [7, 11) is -9.91. The lowest BCUT2D eigenvalue weighted by Gasteiger charge is -2.21. The van der Waals surface area contributed by atoms with Crippen molar-refractivity contribution < 1.29 is 80.2 Å². The van der Waals surface area contributed by atoms with E-state index in [4.69, 9.17) is 37.0 Å². The van der Waals surface area contributed by atoms with Crippen LogP contribution in [0.3, 0.4) is 0 Å². The molecule has 19 heteroatoms. The van der Waals surface area contributed by atoms with Crippen molar-refractivity contribution in [1.82, 2.24) is 0 Å². The van der Waals surface area contributed by atoms with Gasteiger partial charge in [0.25, 0.3) is 0 Å². The molecule has 17 nitrogen and oxygen atoms in total. The van der Waals surface area contributed by atoms with E-state index in [2.05, 4.69) is 41.5 Å². The van der Waals surface area contributed by atoms with Gasteiger partial charge in [-0.1, -0.05) is 343 Å². The molecule has 0 amide bonds. The van der Waals surface area contributed by atoms with E-state index < -0.39 is 97.5 Å². The van der Waals surface area contributed by atoms with Gasteiger partial charge in [0, 0.05) is 25.7 Å². The Morgan fingerprint density at radius 1 is 0.305 bits per heavy atom. The Kier molecular flexibility index (Phi) is 66.5. The molecule has 3 unspecified atom stereocenters. The zero-order valence-electron chi connectivity index (χ0n) is 62.0. The maximum atomic E-state index is 13.1. The Hall–Kier alpha value is -1.94. The third-order valence-corrected chi connectivity index (χ3v) is 20.0. The highest BCUT2D eigenvalue weighted by Gasteiger charge is 2.30. The lowest BCUT2D eigenvalue weighted by Crippen LogP contribution is -2.30. The third-order valence-electron chi connectivity index (χ3n) is 18.1. The van der Waals surface area contributed by atoms with Crippen LogP contribution in [-0.4, -0.2) is 96.7 Å². The Balaban J connectivity index is 5.22. The normalized spacial score (nSPS) is 14.3. The van der Waals surface area contributed by atoms with Crippen molar-refractivity contribution >= 4 is 39.5 Å². The van der Waals surface area contributed by atoms with Gasteiger partial charge in [-0.2, -0.15) is 0 Å². The maximum Gasteiger partial charge on any atom is 0.472 e. The average Bonchev–Trinajstić information content (AvgIpc) is 2.31. The highest BCUT2D eigenvalue weighted by molar-refractivity contribution is 7.47. The van der Waals surface area contributed by atoms with Gasteiger partial charge < -0.3 is 33.8 Å². The quantitative estimate of drug-likeness (QED) is 0.0222. The molecule has 564 valence electrons. The summed E-state index contributed by atoms with van der Waals surface area (Å²) in [5.41, 5.74) is 0. The Labute approximate surface area is 581 Å². The van der Waals surface area contributed by atoms with E-state index in [0.717, 1.165) is 108 Å². The van der Waals surface area contributed by atoms with Crippen molar-refractivity contribution in [3.05, 3.63) is 0 Å². The molecule has 0 bridgehead atoms. The fourth-order valence-electron chi connectivity index (χ4n) is 11.6. The molecule has 0 aliphatic heterocycles. The predicted molar refractivity (Wildman–Crippen MR) is 386 cm³/mol. The molecular weight excluding hydrogens is 1250 g/mol. The van der Waals surface area contributed by atoms with Crippen molar-refractivity contribution in [2.45, 2.75) is 413 Å². The van der Waals surface area contributed by atoms with Crippen molar-refractivity contribution in [1.29, 1.82) is 0 Å². The first kappa shape index (κ1) is 93.1. The maximum absolute atomic E-state index is 13.1. The number of carbonyl (C=O) groups excluding carboxylic acids is 4. The predicted octanol–water partition coefficient (Wildman–Crippen LogP) is 22.3. The summed E-state index contributed by atoms with van der Waals surface area (Å²) in [5.74, 6) is -0.532. The first-order valence-electron chi connectivity index (χ1n) is 39.5. The van der Waals surface area contributed by atoms with Crippen molar-refractivity contribution in [3.63, 3.8) is 0 Å². The fraction of sp³-hybridized carbons (Fsp3) is 0.947.